The Morgan fingerprint density at radius 2 is 1.86 bits per heavy atom. The minimum atomic E-state index is -0.657. The fourth-order valence-corrected chi connectivity index (χ4v) is 3.82. The predicted octanol–water partition coefficient (Wildman–Crippen LogP) is 3.58. The number of benzene rings is 1. The molecule has 28 heavy (non-hydrogen) atoms. The molecule has 154 valence electrons. The van der Waals surface area contributed by atoms with Crippen LogP contribution in [0, 0.1) is 21.3 Å². The van der Waals surface area contributed by atoms with Gasteiger partial charge in [0.1, 0.15) is 5.60 Å². The van der Waals surface area contributed by atoms with Gasteiger partial charge in [-0.1, -0.05) is 0 Å². The van der Waals surface area contributed by atoms with Gasteiger partial charge in [0, 0.05) is 37.7 Å². The highest BCUT2D eigenvalue weighted by Gasteiger charge is 2.46. The molecule has 1 amide bonds. The van der Waals surface area contributed by atoms with Crippen molar-refractivity contribution >= 4 is 17.5 Å². The number of likely N-dealkylation sites (tertiary alicyclic amines) is 1. The van der Waals surface area contributed by atoms with Crippen molar-refractivity contribution in [3.05, 3.63) is 28.1 Å². The van der Waals surface area contributed by atoms with E-state index in [9.17, 15) is 19.3 Å². The third-order valence-corrected chi connectivity index (χ3v) is 5.31. The van der Waals surface area contributed by atoms with Crippen molar-refractivity contribution in [1.82, 2.24) is 4.90 Å². The van der Waals surface area contributed by atoms with E-state index in [2.05, 4.69) is 0 Å². The van der Waals surface area contributed by atoms with E-state index in [1.54, 1.807) is 4.90 Å². The lowest BCUT2D eigenvalue weighted by Crippen LogP contribution is -2.61. The zero-order valence-corrected chi connectivity index (χ0v) is 16.7. The summed E-state index contributed by atoms with van der Waals surface area (Å²) >= 11 is 0. The number of nitro groups is 1. The molecule has 0 saturated carbocycles. The van der Waals surface area contributed by atoms with E-state index >= 15 is 0 Å². The van der Waals surface area contributed by atoms with E-state index < -0.39 is 16.3 Å². The average Bonchev–Trinajstić information content (AvgIpc) is 2.58. The molecule has 2 aliphatic heterocycles. The van der Waals surface area contributed by atoms with E-state index in [0.29, 0.717) is 31.9 Å². The molecule has 0 aromatic heterocycles. The quantitative estimate of drug-likeness (QED) is 0.574. The van der Waals surface area contributed by atoms with Crippen LogP contribution in [0.3, 0.4) is 0 Å². The molecule has 0 unspecified atom stereocenters. The second-order valence-corrected chi connectivity index (χ2v) is 8.56. The summed E-state index contributed by atoms with van der Waals surface area (Å²) in [5.41, 5.74) is -0.571. The fraction of sp³-hybridized carbons (Fsp3) is 0.632. The molecule has 0 aliphatic carbocycles. The molecule has 8 nitrogen and oxygen atoms in total. The Kier molecular flexibility index (Phi) is 5.12. The van der Waals surface area contributed by atoms with Gasteiger partial charge in [-0.2, -0.15) is 0 Å². The van der Waals surface area contributed by atoms with Crippen molar-refractivity contribution < 1.29 is 23.6 Å². The van der Waals surface area contributed by atoms with Crippen molar-refractivity contribution in [1.29, 1.82) is 0 Å². The smallest absolute Gasteiger partial charge is 0.410 e. The lowest BCUT2D eigenvalue weighted by molar-refractivity contribution is -0.385. The van der Waals surface area contributed by atoms with Gasteiger partial charge >= 0.3 is 11.8 Å². The molecule has 9 heteroatoms. The molecule has 0 atom stereocenters. The number of carbonyl (C=O) groups excluding carboxylic acids is 1. The lowest BCUT2D eigenvalue weighted by atomic mass is 9.72. The van der Waals surface area contributed by atoms with Crippen LogP contribution in [0.1, 0.15) is 33.6 Å². The van der Waals surface area contributed by atoms with E-state index in [0.717, 1.165) is 18.9 Å². The molecule has 1 spiro atoms. The van der Waals surface area contributed by atoms with Crippen LogP contribution in [-0.2, 0) is 4.74 Å². The minimum absolute atomic E-state index is 0.0277. The van der Waals surface area contributed by atoms with Crippen molar-refractivity contribution in [3.63, 3.8) is 0 Å². The Labute approximate surface area is 163 Å². The van der Waals surface area contributed by atoms with Gasteiger partial charge in [-0.25, -0.2) is 9.18 Å². The summed E-state index contributed by atoms with van der Waals surface area (Å²) in [7, 11) is 1.33. The Morgan fingerprint density at radius 1 is 1.25 bits per heavy atom. The SMILES string of the molecule is COc1cc(N2CC3(CCN(C(=O)OC(C)(C)C)CC3)C2)c(F)cc1[N+](=O)[O-]. The first kappa shape index (κ1) is 20.2. The van der Waals surface area contributed by atoms with Gasteiger partial charge in [0.2, 0.25) is 0 Å². The number of carbonyl (C=O) groups is 1. The third-order valence-electron chi connectivity index (χ3n) is 5.31. The van der Waals surface area contributed by atoms with Gasteiger partial charge in [0.05, 0.1) is 23.8 Å². The first-order valence-corrected chi connectivity index (χ1v) is 9.28. The van der Waals surface area contributed by atoms with E-state index in [1.807, 2.05) is 25.7 Å². The van der Waals surface area contributed by atoms with Crippen molar-refractivity contribution in [2.24, 2.45) is 5.41 Å². The number of anilines is 1. The molecule has 2 aliphatic rings. The summed E-state index contributed by atoms with van der Waals surface area (Å²) in [4.78, 5) is 26.1. The van der Waals surface area contributed by atoms with Gasteiger partial charge < -0.3 is 19.3 Å². The van der Waals surface area contributed by atoms with Gasteiger partial charge in [-0.05, 0) is 33.6 Å². The zero-order valence-electron chi connectivity index (χ0n) is 16.7. The minimum Gasteiger partial charge on any atom is -0.490 e. The summed E-state index contributed by atoms with van der Waals surface area (Å²) in [6.45, 7) is 8.03. The van der Waals surface area contributed by atoms with Crippen molar-refractivity contribution in [2.45, 2.75) is 39.2 Å². The number of methoxy groups -OCH3 is 1. The summed E-state index contributed by atoms with van der Waals surface area (Å²) in [6, 6.07) is 2.29. The first-order chi connectivity index (χ1) is 13.0. The summed E-state index contributed by atoms with van der Waals surface area (Å²) in [6.07, 6.45) is 1.33. The van der Waals surface area contributed by atoms with E-state index in [-0.39, 0.29) is 22.9 Å². The number of hydrogen-bond donors (Lipinski definition) is 0. The number of amides is 1. The molecule has 2 fully saturated rings. The first-order valence-electron chi connectivity index (χ1n) is 9.28. The zero-order chi connectivity index (χ0) is 20.7. The molecule has 2 heterocycles. The topological polar surface area (TPSA) is 85.2 Å². The maximum absolute atomic E-state index is 14.4. The maximum atomic E-state index is 14.4. The second-order valence-electron chi connectivity index (χ2n) is 8.56. The summed E-state index contributed by atoms with van der Waals surface area (Å²) in [5, 5.41) is 11.0. The van der Waals surface area contributed by atoms with Crippen molar-refractivity contribution in [3.8, 4) is 5.75 Å². The van der Waals surface area contributed by atoms with Crippen LogP contribution >= 0.6 is 0 Å². The third kappa shape index (κ3) is 3.98. The number of nitro benzene ring substituents is 1. The fourth-order valence-electron chi connectivity index (χ4n) is 3.82. The molecule has 0 N–H and O–H groups in total. The highest BCUT2D eigenvalue weighted by Crippen LogP contribution is 2.45. The molecule has 0 radical (unpaired) electrons. The number of piperidine rings is 1. The van der Waals surface area contributed by atoms with Gasteiger partial charge in [0.25, 0.3) is 0 Å². The molecule has 1 aromatic rings. The second kappa shape index (κ2) is 7.10. The van der Waals surface area contributed by atoms with Gasteiger partial charge in [0.15, 0.2) is 11.6 Å². The standard InChI is InChI=1S/C19H26FN3O5/c1-18(2,3)28-17(24)21-7-5-19(6-8-21)11-22(12-19)14-10-16(27-4)15(23(25)26)9-13(14)20/h9-10H,5-8,11-12H2,1-4H3. The van der Waals surface area contributed by atoms with Crippen LogP contribution in [0.5, 0.6) is 5.75 Å². The lowest BCUT2D eigenvalue weighted by Gasteiger charge is -2.54. The molecule has 2 saturated heterocycles. The molecule has 3 rings (SSSR count). The monoisotopic (exact) mass is 395 g/mol. The molecular formula is C19H26FN3O5. The van der Waals surface area contributed by atoms with Crippen molar-refractivity contribution in [2.75, 3.05) is 38.2 Å². The Hall–Kier alpha value is -2.58. The highest BCUT2D eigenvalue weighted by atomic mass is 19.1. The van der Waals surface area contributed by atoms with Crippen LogP contribution in [0.15, 0.2) is 12.1 Å². The maximum Gasteiger partial charge on any atom is 0.410 e. The van der Waals surface area contributed by atoms with E-state index in [1.165, 1.54) is 13.2 Å². The summed E-state index contributed by atoms with van der Waals surface area (Å²) in [5.74, 6) is -0.587. The van der Waals surface area contributed by atoms with Gasteiger partial charge in [-0.15, -0.1) is 0 Å². The number of hydrogen-bond acceptors (Lipinski definition) is 6. The number of rotatable bonds is 3. The largest absolute Gasteiger partial charge is 0.490 e. The number of nitrogens with zero attached hydrogens (tertiary/aromatic N) is 3. The van der Waals surface area contributed by atoms with Crippen LogP contribution < -0.4 is 9.64 Å². The average molecular weight is 395 g/mol. The predicted molar refractivity (Wildman–Crippen MR) is 101 cm³/mol. The Bertz CT molecular complexity index is 777. The van der Waals surface area contributed by atoms with Crippen LogP contribution in [0.4, 0.5) is 20.6 Å². The number of halogens is 1. The van der Waals surface area contributed by atoms with E-state index in [4.69, 9.17) is 9.47 Å². The normalized spacial score (nSPS) is 18.6. The van der Waals surface area contributed by atoms with Crippen LogP contribution in [0.2, 0.25) is 0 Å². The Balaban J connectivity index is 1.62. The Morgan fingerprint density at radius 3 is 2.36 bits per heavy atom. The summed E-state index contributed by atoms with van der Waals surface area (Å²) < 4.78 is 24.9. The molecule has 1 aromatic carbocycles. The van der Waals surface area contributed by atoms with Crippen LogP contribution in [-0.4, -0.2) is 54.8 Å². The van der Waals surface area contributed by atoms with Gasteiger partial charge in [-0.3, -0.25) is 10.1 Å². The highest BCUT2D eigenvalue weighted by molar-refractivity contribution is 5.68. The molecule has 0 bridgehead atoms. The molecular weight excluding hydrogens is 369 g/mol. The number of ether oxygens (including phenoxy) is 2. The van der Waals surface area contributed by atoms with Crippen LogP contribution in [0.25, 0.3) is 0 Å².